The highest BCUT2D eigenvalue weighted by molar-refractivity contribution is 5.68. The number of nitrogens with zero attached hydrogens (tertiary/aromatic N) is 1. The molecule has 0 unspecified atom stereocenters. The lowest BCUT2D eigenvalue weighted by Gasteiger charge is -2.32. The Hall–Kier alpha value is -1.51. The topological polar surface area (TPSA) is 29.5 Å². The van der Waals surface area contributed by atoms with E-state index in [1.54, 1.807) is 0 Å². The Bertz CT molecular complexity index is 434. The summed E-state index contributed by atoms with van der Waals surface area (Å²) in [6.07, 6.45) is 0.728. The SMILES string of the molecule is CC(C)C[C@H](C)N(Cc1ccccc1)C(=O)OC(C)(C)C. The number of benzene rings is 1. The standard InChI is InChI=1S/C18H29NO2/c1-14(2)12-15(3)19(17(20)21-18(4,5)6)13-16-10-8-7-9-11-16/h7-11,14-15H,12-13H2,1-6H3/t15-/m0/s1. The summed E-state index contributed by atoms with van der Waals surface area (Å²) in [6.45, 7) is 12.7. The number of amides is 1. The summed E-state index contributed by atoms with van der Waals surface area (Å²) in [5.41, 5.74) is 0.655. The molecule has 0 saturated heterocycles. The Balaban J connectivity index is 2.86. The Morgan fingerprint density at radius 3 is 2.19 bits per heavy atom. The van der Waals surface area contributed by atoms with Crippen molar-refractivity contribution in [2.24, 2.45) is 5.92 Å². The van der Waals surface area contributed by atoms with Gasteiger partial charge < -0.3 is 9.64 Å². The van der Waals surface area contributed by atoms with Crippen LogP contribution in [0, 0.1) is 5.92 Å². The van der Waals surface area contributed by atoms with Crippen molar-refractivity contribution in [1.82, 2.24) is 4.90 Å². The molecule has 0 radical (unpaired) electrons. The third-order valence-corrected chi connectivity index (χ3v) is 3.17. The fourth-order valence-electron chi connectivity index (χ4n) is 2.31. The van der Waals surface area contributed by atoms with Crippen LogP contribution in [-0.4, -0.2) is 22.6 Å². The summed E-state index contributed by atoms with van der Waals surface area (Å²) in [7, 11) is 0. The van der Waals surface area contributed by atoms with Crippen LogP contribution < -0.4 is 0 Å². The quantitative estimate of drug-likeness (QED) is 0.775. The average molecular weight is 291 g/mol. The fraction of sp³-hybridized carbons (Fsp3) is 0.611. The van der Waals surface area contributed by atoms with E-state index in [1.165, 1.54) is 0 Å². The first kappa shape index (κ1) is 17.5. The molecule has 0 heterocycles. The first-order valence-corrected chi connectivity index (χ1v) is 7.72. The van der Waals surface area contributed by atoms with Gasteiger partial charge in [0.2, 0.25) is 0 Å². The monoisotopic (exact) mass is 291 g/mol. The lowest BCUT2D eigenvalue weighted by molar-refractivity contribution is 0.0137. The largest absolute Gasteiger partial charge is 0.444 e. The number of rotatable bonds is 5. The van der Waals surface area contributed by atoms with Crippen LogP contribution in [-0.2, 0) is 11.3 Å². The minimum Gasteiger partial charge on any atom is -0.444 e. The summed E-state index contributed by atoms with van der Waals surface area (Å²) in [5.74, 6) is 0.542. The van der Waals surface area contributed by atoms with E-state index in [4.69, 9.17) is 4.74 Å². The molecule has 3 nitrogen and oxygen atoms in total. The number of carbonyl (C=O) groups excluding carboxylic acids is 1. The normalized spacial score (nSPS) is 13.1. The second-order valence-electron chi connectivity index (χ2n) is 7.07. The van der Waals surface area contributed by atoms with Crippen LogP contribution in [0.3, 0.4) is 0 Å². The number of ether oxygens (including phenoxy) is 1. The molecule has 1 atom stereocenters. The minimum absolute atomic E-state index is 0.153. The van der Waals surface area contributed by atoms with E-state index in [0.717, 1.165) is 12.0 Å². The predicted molar refractivity (Wildman–Crippen MR) is 87.1 cm³/mol. The van der Waals surface area contributed by atoms with Crippen molar-refractivity contribution >= 4 is 6.09 Å². The van der Waals surface area contributed by atoms with Crippen molar-refractivity contribution < 1.29 is 9.53 Å². The van der Waals surface area contributed by atoms with E-state index >= 15 is 0 Å². The van der Waals surface area contributed by atoms with Crippen LogP contribution in [0.2, 0.25) is 0 Å². The molecule has 1 amide bonds. The van der Waals surface area contributed by atoms with Gasteiger partial charge in [0, 0.05) is 12.6 Å². The first-order chi connectivity index (χ1) is 9.69. The molecule has 0 aromatic heterocycles. The van der Waals surface area contributed by atoms with Gasteiger partial charge in [-0.2, -0.15) is 0 Å². The summed E-state index contributed by atoms with van der Waals surface area (Å²) >= 11 is 0. The van der Waals surface area contributed by atoms with Gasteiger partial charge in [0.25, 0.3) is 0 Å². The van der Waals surface area contributed by atoms with Crippen molar-refractivity contribution in [1.29, 1.82) is 0 Å². The third-order valence-electron chi connectivity index (χ3n) is 3.17. The van der Waals surface area contributed by atoms with E-state index in [0.29, 0.717) is 12.5 Å². The maximum Gasteiger partial charge on any atom is 0.410 e. The van der Waals surface area contributed by atoms with E-state index < -0.39 is 5.60 Å². The van der Waals surface area contributed by atoms with E-state index in [9.17, 15) is 4.79 Å². The molecule has 0 N–H and O–H groups in total. The molecule has 0 aliphatic heterocycles. The minimum atomic E-state index is -0.469. The summed E-state index contributed by atoms with van der Waals surface area (Å²) in [4.78, 5) is 14.3. The summed E-state index contributed by atoms with van der Waals surface area (Å²) < 4.78 is 5.56. The average Bonchev–Trinajstić information content (AvgIpc) is 2.34. The van der Waals surface area contributed by atoms with Crippen molar-refractivity contribution in [2.45, 2.75) is 66.2 Å². The highest BCUT2D eigenvalue weighted by Gasteiger charge is 2.26. The van der Waals surface area contributed by atoms with Crippen molar-refractivity contribution in [3.8, 4) is 0 Å². The smallest absolute Gasteiger partial charge is 0.410 e. The van der Waals surface area contributed by atoms with Crippen LogP contribution >= 0.6 is 0 Å². The van der Waals surface area contributed by atoms with Gasteiger partial charge in [-0.25, -0.2) is 4.79 Å². The van der Waals surface area contributed by atoms with Crippen LogP contribution in [0.5, 0.6) is 0 Å². The van der Waals surface area contributed by atoms with Gasteiger partial charge in [-0.05, 0) is 45.6 Å². The molecule has 1 aromatic rings. The summed E-state index contributed by atoms with van der Waals surface area (Å²) in [5, 5.41) is 0. The van der Waals surface area contributed by atoms with E-state index in [2.05, 4.69) is 20.8 Å². The molecular formula is C18H29NO2. The fourth-order valence-corrected chi connectivity index (χ4v) is 2.31. The molecule has 0 aliphatic rings. The second kappa shape index (κ2) is 7.48. The van der Waals surface area contributed by atoms with E-state index in [1.807, 2.05) is 56.0 Å². The van der Waals surface area contributed by atoms with Crippen molar-refractivity contribution in [2.75, 3.05) is 0 Å². The van der Waals surface area contributed by atoms with Crippen LogP contribution in [0.4, 0.5) is 4.79 Å². The van der Waals surface area contributed by atoms with Gasteiger partial charge in [0.1, 0.15) is 5.60 Å². The molecule has 0 saturated carbocycles. The van der Waals surface area contributed by atoms with Crippen LogP contribution in [0.15, 0.2) is 30.3 Å². The zero-order chi connectivity index (χ0) is 16.0. The molecule has 0 fully saturated rings. The Kier molecular flexibility index (Phi) is 6.25. The highest BCUT2D eigenvalue weighted by atomic mass is 16.6. The molecule has 1 aromatic carbocycles. The zero-order valence-electron chi connectivity index (χ0n) is 14.2. The van der Waals surface area contributed by atoms with Gasteiger partial charge in [0.15, 0.2) is 0 Å². The molecule has 118 valence electrons. The predicted octanol–water partition coefficient (Wildman–Crippen LogP) is 4.86. The molecule has 0 aliphatic carbocycles. The first-order valence-electron chi connectivity index (χ1n) is 7.72. The maximum absolute atomic E-state index is 12.5. The van der Waals surface area contributed by atoms with E-state index in [-0.39, 0.29) is 12.1 Å². The Morgan fingerprint density at radius 2 is 1.71 bits per heavy atom. The van der Waals surface area contributed by atoms with Gasteiger partial charge in [0.05, 0.1) is 0 Å². The Morgan fingerprint density at radius 1 is 1.14 bits per heavy atom. The lowest BCUT2D eigenvalue weighted by Crippen LogP contribution is -2.42. The maximum atomic E-state index is 12.5. The summed E-state index contributed by atoms with van der Waals surface area (Å²) in [6, 6.07) is 10.2. The van der Waals surface area contributed by atoms with Gasteiger partial charge in [-0.15, -0.1) is 0 Å². The number of hydrogen-bond donors (Lipinski definition) is 0. The van der Waals surface area contributed by atoms with Crippen LogP contribution in [0.25, 0.3) is 0 Å². The van der Waals surface area contributed by atoms with Gasteiger partial charge >= 0.3 is 6.09 Å². The second-order valence-corrected chi connectivity index (χ2v) is 7.07. The third kappa shape index (κ3) is 6.65. The molecule has 1 rings (SSSR count). The van der Waals surface area contributed by atoms with Gasteiger partial charge in [-0.3, -0.25) is 0 Å². The van der Waals surface area contributed by atoms with Crippen molar-refractivity contribution in [3.63, 3.8) is 0 Å². The molecule has 0 spiro atoms. The van der Waals surface area contributed by atoms with Crippen molar-refractivity contribution in [3.05, 3.63) is 35.9 Å². The zero-order valence-corrected chi connectivity index (χ0v) is 14.2. The molecule has 21 heavy (non-hydrogen) atoms. The molecule has 0 bridgehead atoms. The van der Waals surface area contributed by atoms with Gasteiger partial charge in [-0.1, -0.05) is 44.2 Å². The molecule has 3 heteroatoms. The highest BCUT2D eigenvalue weighted by Crippen LogP contribution is 2.19. The molecular weight excluding hydrogens is 262 g/mol. The Labute approximate surface area is 129 Å². The number of carbonyl (C=O) groups is 1. The number of hydrogen-bond acceptors (Lipinski definition) is 2. The lowest BCUT2D eigenvalue weighted by atomic mass is 10.0. The van der Waals surface area contributed by atoms with Crippen LogP contribution in [0.1, 0.15) is 53.5 Å².